The van der Waals surface area contributed by atoms with Crippen LogP contribution in [-0.2, 0) is 14.3 Å². The second kappa shape index (κ2) is 46.9. The van der Waals surface area contributed by atoms with Gasteiger partial charge in [0, 0.05) is 6.42 Å². The van der Waals surface area contributed by atoms with Crippen LogP contribution in [0.2, 0.25) is 0 Å². The van der Waals surface area contributed by atoms with Crippen LogP contribution in [0.5, 0.6) is 0 Å². The summed E-state index contributed by atoms with van der Waals surface area (Å²) >= 11 is 0. The first-order valence-electron chi connectivity index (χ1n) is 25.4. The van der Waals surface area contributed by atoms with Crippen molar-refractivity contribution in [1.82, 2.24) is 5.32 Å². The monoisotopic (exact) mass is 828 g/mol. The molecule has 0 radical (unpaired) electrons. The third kappa shape index (κ3) is 42.3. The molecule has 6 nitrogen and oxygen atoms in total. The Bertz CT molecular complexity index is 1020. The van der Waals surface area contributed by atoms with Gasteiger partial charge in [-0.2, -0.15) is 0 Å². The molecule has 0 heterocycles. The Balaban J connectivity index is 4.54. The molecular weight excluding hydrogens is 731 g/mol. The number of hydrogen-bond donors (Lipinski definition) is 3. The van der Waals surface area contributed by atoms with E-state index in [1.807, 2.05) is 12.2 Å². The summed E-state index contributed by atoms with van der Waals surface area (Å²) in [5.74, 6) is -0.525. The Morgan fingerprint density at radius 1 is 0.508 bits per heavy atom. The second-order valence-electron chi connectivity index (χ2n) is 17.2. The van der Waals surface area contributed by atoms with E-state index < -0.39 is 18.2 Å². The summed E-state index contributed by atoms with van der Waals surface area (Å²) in [7, 11) is 0. The molecule has 0 aromatic rings. The standard InChI is InChI=1S/C53H97NO5/c1-4-7-10-13-16-19-22-24-25-26-28-30-33-36-39-42-45-51(56)50(48-55)54-52(57)47-49(44-41-38-35-32-29-21-18-15-12-9-6-3)59-53(58)46-43-40-37-34-31-27-23-20-17-14-11-8-5-2/h9,12,15,18,21,27,29,31,49-51,55-56H,4-8,10-11,13-14,16-17,19-20,22-26,28,30,32-48H2,1-3H3,(H,54,57)/b12-9+,18-15+,29-21-,31-27-. The van der Waals surface area contributed by atoms with Gasteiger partial charge in [-0.15, -0.1) is 0 Å². The predicted molar refractivity (Wildman–Crippen MR) is 255 cm³/mol. The van der Waals surface area contributed by atoms with Gasteiger partial charge in [-0.3, -0.25) is 9.59 Å². The van der Waals surface area contributed by atoms with E-state index in [0.717, 1.165) is 83.5 Å². The molecule has 0 aliphatic carbocycles. The van der Waals surface area contributed by atoms with E-state index >= 15 is 0 Å². The molecule has 3 atom stereocenters. The minimum absolute atomic E-state index is 0.0490. The van der Waals surface area contributed by atoms with Crippen LogP contribution in [0.1, 0.15) is 252 Å². The highest BCUT2D eigenvalue weighted by Gasteiger charge is 2.24. The molecule has 1 amide bonds. The van der Waals surface area contributed by atoms with Gasteiger partial charge >= 0.3 is 5.97 Å². The Kier molecular flexibility index (Phi) is 45.1. The summed E-state index contributed by atoms with van der Waals surface area (Å²) in [6.07, 6.45) is 56.1. The summed E-state index contributed by atoms with van der Waals surface area (Å²) in [6, 6.07) is -0.715. The summed E-state index contributed by atoms with van der Waals surface area (Å²) < 4.78 is 5.89. The number of unbranched alkanes of at least 4 members (excludes halogenated alkanes) is 27. The number of ether oxygens (including phenoxy) is 1. The van der Waals surface area contributed by atoms with E-state index in [9.17, 15) is 19.8 Å². The maximum Gasteiger partial charge on any atom is 0.306 e. The molecule has 0 aromatic carbocycles. The average Bonchev–Trinajstić information content (AvgIpc) is 3.23. The lowest BCUT2D eigenvalue weighted by Crippen LogP contribution is -2.46. The molecule has 0 fully saturated rings. The molecule has 0 spiro atoms. The van der Waals surface area contributed by atoms with Gasteiger partial charge in [-0.25, -0.2) is 0 Å². The number of hydrogen-bond acceptors (Lipinski definition) is 5. The van der Waals surface area contributed by atoms with Gasteiger partial charge in [0.1, 0.15) is 6.10 Å². The molecule has 3 unspecified atom stereocenters. The van der Waals surface area contributed by atoms with E-state index in [1.165, 1.54) is 122 Å². The zero-order chi connectivity index (χ0) is 43.1. The van der Waals surface area contributed by atoms with Crippen molar-refractivity contribution < 1.29 is 24.5 Å². The first-order valence-corrected chi connectivity index (χ1v) is 25.4. The normalized spacial score (nSPS) is 13.6. The van der Waals surface area contributed by atoms with Crippen molar-refractivity contribution in [2.75, 3.05) is 6.61 Å². The van der Waals surface area contributed by atoms with Gasteiger partial charge in [0.05, 0.1) is 25.2 Å². The first kappa shape index (κ1) is 56.8. The zero-order valence-corrected chi connectivity index (χ0v) is 39.1. The molecule has 59 heavy (non-hydrogen) atoms. The van der Waals surface area contributed by atoms with Crippen LogP contribution in [-0.4, -0.2) is 46.9 Å². The summed E-state index contributed by atoms with van der Waals surface area (Å²) in [5, 5.41) is 23.7. The average molecular weight is 828 g/mol. The molecule has 0 rings (SSSR count). The van der Waals surface area contributed by atoms with E-state index in [1.54, 1.807) is 0 Å². The van der Waals surface area contributed by atoms with Gasteiger partial charge in [0.15, 0.2) is 0 Å². The van der Waals surface area contributed by atoms with Crippen LogP contribution in [0.15, 0.2) is 48.6 Å². The largest absolute Gasteiger partial charge is 0.462 e. The van der Waals surface area contributed by atoms with Gasteiger partial charge in [-0.05, 0) is 70.6 Å². The highest BCUT2D eigenvalue weighted by atomic mass is 16.5. The number of esters is 1. The van der Waals surface area contributed by atoms with Crippen LogP contribution in [0, 0.1) is 0 Å². The molecule has 3 N–H and O–H groups in total. The minimum Gasteiger partial charge on any atom is -0.462 e. The number of carbonyl (C=O) groups excluding carboxylic acids is 2. The molecule has 0 saturated carbocycles. The highest BCUT2D eigenvalue weighted by Crippen LogP contribution is 2.17. The number of allylic oxidation sites excluding steroid dienone is 8. The molecule has 6 heteroatoms. The summed E-state index contributed by atoms with van der Waals surface area (Å²) in [4.78, 5) is 26.1. The fourth-order valence-electron chi connectivity index (χ4n) is 7.60. The third-order valence-corrected chi connectivity index (χ3v) is 11.5. The van der Waals surface area contributed by atoms with Gasteiger partial charge < -0.3 is 20.3 Å². The van der Waals surface area contributed by atoms with Gasteiger partial charge in [0.2, 0.25) is 5.91 Å². The molecule has 0 saturated heterocycles. The summed E-state index contributed by atoms with van der Waals surface area (Å²) in [5.41, 5.74) is 0. The lowest BCUT2D eigenvalue weighted by Gasteiger charge is -2.24. The fraction of sp³-hybridized carbons (Fsp3) is 0.811. The van der Waals surface area contributed by atoms with Crippen molar-refractivity contribution in [2.24, 2.45) is 0 Å². The molecule has 344 valence electrons. The Hall–Kier alpha value is -2.18. The number of amides is 1. The zero-order valence-electron chi connectivity index (χ0n) is 39.1. The Morgan fingerprint density at radius 3 is 1.44 bits per heavy atom. The van der Waals surface area contributed by atoms with Crippen molar-refractivity contribution in [3.8, 4) is 0 Å². The third-order valence-electron chi connectivity index (χ3n) is 11.5. The minimum atomic E-state index is -0.799. The lowest BCUT2D eigenvalue weighted by atomic mass is 10.0. The lowest BCUT2D eigenvalue weighted by molar-refractivity contribution is -0.151. The smallest absolute Gasteiger partial charge is 0.306 e. The maximum absolute atomic E-state index is 13.2. The fourth-order valence-corrected chi connectivity index (χ4v) is 7.60. The van der Waals surface area contributed by atoms with Crippen molar-refractivity contribution in [1.29, 1.82) is 0 Å². The van der Waals surface area contributed by atoms with Crippen molar-refractivity contribution in [3.63, 3.8) is 0 Å². The Morgan fingerprint density at radius 2 is 0.932 bits per heavy atom. The number of aliphatic hydroxyl groups is 2. The van der Waals surface area contributed by atoms with Crippen molar-refractivity contribution >= 4 is 11.9 Å². The van der Waals surface area contributed by atoms with Crippen LogP contribution in [0.25, 0.3) is 0 Å². The van der Waals surface area contributed by atoms with Gasteiger partial charge in [0.25, 0.3) is 0 Å². The van der Waals surface area contributed by atoms with Crippen LogP contribution in [0.4, 0.5) is 0 Å². The van der Waals surface area contributed by atoms with E-state index in [-0.39, 0.29) is 24.9 Å². The highest BCUT2D eigenvalue weighted by molar-refractivity contribution is 5.77. The first-order chi connectivity index (χ1) is 29.0. The van der Waals surface area contributed by atoms with Crippen LogP contribution < -0.4 is 5.32 Å². The predicted octanol–water partition coefficient (Wildman–Crippen LogP) is 15.1. The number of carbonyl (C=O) groups is 2. The SMILES string of the molecule is CC/C=C/C=C/C=C\CCCCCC(CC(=O)NC(CO)C(O)CCCCCCCCCCCCCCCCCC)OC(=O)CCCCC/C=C\CCCCCCCC. The number of nitrogens with one attached hydrogen (secondary N) is 1. The topological polar surface area (TPSA) is 95.9 Å². The molecule has 0 aliphatic heterocycles. The number of aliphatic hydroxyl groups excluding tert-OH is 2. The van der Waals surface area contributed by atoms with E-state index in [4.69, 9.17) is 4.74 Å². The van der Waals surface area contributed by atoms with E-state index in [2.05, 4.69) is 62.5 Å². The Labute approximate surface area is 366 Å². The van der Waals surface area contributed by atoms with Crippen molar-refractivity contribution in [3.05, 3.63) is 48.6 Å². The molecule has 0 aliphatic rings. The van der Waals surface area contributed by atoms with Crippen LogP contribution in [0.3, 0.4) is 0 Å². The number of rotatable bonds is 45. The summed E-state index contributed by atoms with van der Waals surface area (Å²) in [6.45, 7) is 6.33. The van der Waals surface area contributed by atoms with E-state index in [0.29, 0.717) is 19.3 Å². The molecule has 0 aromatic heterocycles. The molecular formula is C53H97NO5. The second-order valence-corrected chi connectivity index (χ2v) is 17.2. The molecule has 0 bridgehead atoms. The maximum atomic E-state index is 13.2. The van der Waals surface area contributed by atoms with Crippen molar-refractivity contribution in [2.45, 2.75) is 270 Å². The quantitative estimate of drug-likeness (QED) is 0.0246. The van der Waals surface area contributed by atoms with Gasteiger partial charge in [-0.1, -0.05) is 217 Å². The van der Waals surface area contributed by atoms with Crippen LogP contribution >= 0.6 is 0 Å².